The predicted molar refractivity (Wildman–Crippen MR) is 81.2 cm³/mol. The molecule has 2 N–H and O–H groups in total. The summed E-state index contributed by atoms with van der Waals surface area (Å²) >= 11 is 1.87. The topological polar surface area (TPSA) is 38.9 Å². The highest BCUT2D eigenvalue weighted by Crippen LogP contribution is 2.35. The van der Waals surface area contributed by atoms with E-state index in [1.54, 1.807) is 0 Å². The minimum absolute atomic E-state index is 0.594. The van der Waals surface area contributed by atoms with Gasteiger partial charge in [0, 0.05) is 17.0 Å². The number of benzene rings is 1. The Bertz CT molecular complexity index is 574. The van der Waals surface area contributed by atoms with Crippen LogP contribution in [0.5, 0.6) is 0 Å². The summed E-state index contributed by atoms with van der Waals surface area (Å²) in [5.74, 6) is 0.858. The van der Waals surface area contributed by atoms with E-state index in [0.29, 0.717) is 6.54 Å². The molecule has 0 aliphatic heterocycles. The first kappa shape index (κ1) is 12.8. The number of aryl methyl sites for hydroxylation is 1. The number of aromatic nitrogens is 1. The molecule has 0 bridgehead atoms. The molecule has 0 amide bonds. The van der Waals surface area contributed by atoms with Crippen molar-refractivity contribution in [1.82, 2.24) is 4.98 Å². The smallest absolute Gasteiger partial charge is 0.123 e. The fourth-order valence-corrected chi connectivity index (χ4v) is 3.97. The Morgan fingerprint density at radius 3 is 3.11 bits per heavy atom. The van der Waals surface area contributed by atoms with E-state index in [0.717, 1.165) is 17.3 Å². The minimum Gasteiger partial charge on any atom is -0.326 e. The molecule has 0 radical (unpaired) electrons. The third-order valence-electron chi connectivity index (χ3n) is 4.03. The van der Waals surface area contributed by atoms with Crippen LogP contribution in [0.15, 0.2) is 24.3 Å². The van der Waals surface area contributed by atoms with Crippen LogP contribution in [0, 0.1) is 5.92 Å². The van der Waals surface area contributed by atoms with E-state index in [1.807, 2.05) is 11.3 Å². The first-order valence-corrected chi connectivity index (χ1v) is 7.89. The molecule has 3 heteroatoms. The molecule has 0 fully saturated rings. The third-order valence-corrected chi connectivity index (χ3v) is 5.20. The zero-order chi connectivity index (χ0) is 13.2. The van der Waals surface area contributed by atoms with E-state index < -0.39 is 0 Å². The molecule has 100 valence electrons. The van der Waals surface area contributed by atoms with Gasteiger partial charge in [-0.05, 0) is 36.8 Å². The zero-order valence-corrected chi connectivity index (χ0v) is 12.2. The van der Waals surface area contributed by atoms with Gasteiger partial charge in [-0.15, -0.1) is 11.3 Å². The summed E-state index contributed by atoms with van der Waals surface area (Å²) in [6, 6.07) is 8.46. The van der Waals surface area contributed by atoms with Crippen molar-refractivity contribution in [3.8, 4) is 10.6 Å². The summed E-state index contributed by atoms with van der Waals surface area (Å²) in [7, 11) is 0. The Balaban J connectivity index is 1.92. The van der Waals surface area contributed by atoms with Crippen LogP contribution in [0.2, 0.25) is 0 Å². The molecular weight excluding hydrogens is 252 g/mol. The van der Waals surface area contributed by atoms with Crippen molar-refractivity contribution in [2.45, 2.75) is 39.2 Å². The van der Waals surface area contributed by atoms with Gasteiger partial charge in [-0.25, -0.2) is 4.98 Å². The molecule has 1 heterocycles. The van der Waals surface area contributed by atoms with Crippen LogP contribution in [0.4, 0.5) is 0 Å². The lowest BCUT2D eigenvalue weighted by atomic mass is 9.89. The number of nitrogens with zero attached hydrogens (tertiary/aromatic N) is 1. The minimum atomic E-state index is 0.594. The maximum Gasteiger partial charge on any atom is 0.123 e. The van der Waals surface area contributed by atoms with Gasteiger partial charge in [0.05, 0.1) is 5.69 Å². The van der Waals surface area contributed by atoms with Crippen molar-refractivity contribution in [3.05, 3.63) is 40.4 Å². The fraction of sp³-hybridized carbons (Fsp3) is 0.438. The Morgan fingerprint density at radius 1 is 1.42 bits per heavy atom. The molecular formula is C16H20N2S. The Morgan fingerprint density at radius 2 is 2.32 bits per heavy atom. The number of hydrogen-bond acceptors (Lipinski definition) is 3. The van der Waals surface area contributed by atoms with Crippen LogP contribution in [-0.2, 0) is 19.4 Å². The molecule has 1 aliphatic rings. The van der Waals surface area contributed by atoms with Gasteiger partial charge in [0.1, 0.15) is 5.01 Å². The first-order chi connectivity index (χ1) is 9.30. The van der Waals surface area contributed by atoms with E-state index in [4.69, 9.17) is 10.7 Å². The highest BCUT2D eigenvalue weighted by molar-refractivity contribution is 7.15. The molecule has 1 atom stereocenters. The van der Waals surface area contributed by atoms with Gasteiger partial charge >= 0.3 is 0 Å². The quantitative estimate of drug-likeness (QED) is 0.923. The van der Waals surface area contributed by atoms with Crippen molar-refractivity contribution in [1.29, 1.82) is 0 Å². The summed E-state index contributed by atoms with van der Waals surface area (Å²) in [4.78, 5) is 6.35. The van der Waals surface area contributed by atoms with Gasteiger partial charge in [0.2, 0.25) is 0 Å². The summed E-state index contributed by atoms with van der Waals surface area (Å²) in [5, 5.41) is 1.16. The molecule has 0 saturated heterocycles. The Kier molecular flexibility index (Phi) is 3.67. The lowest BCUT2D eigenvalue weighted by Crippen LogP contribution is -2.11. The number of nitrogens with two attached hydrogens (primary N) is 1. The lowest BCUT2D eigenvalue weighted by Gasteiger charge is -2.18. The van der Waals surface area contributed by atoms with Crippen LogP contribution < -0.4 is 5.73 Å². The zero-order valence-electron chi connectivity index (χ0n) is 11.4. The summed E-state index contributed by atoms with van der Waals surface area (Å²) in [6.07, 6.45) is 4.96. The van der Waals surface area contributed by atoms with Crippen LogP contribution in [0.25, 0.3) is 10.6 Å². The Hall–Kier alpha value is -1.19. The maximum atomic E-state index is 5.71. The van der Waals surface area contributed by atoms with Crippen LogP contribution in [0.3, 0.4) is 0 Å². The lowest BCUT2D eigenvalue weighted by molar-refractivity contribution is 0.446. The van der Waals surface area contributed by atoms with E-state index >= 15 is 0 Å². The molecule has 0 spiro atoms. The van der Waals surface area contributed by atoms with Crippen LogP contribution in [0.1, 0.15) is 35.9 Å². The molecule has 2 aromatic rings. The SMILES string of the molecule is CCC1CCc2nc(-c3cccc(CN)c3)sc2C1. The van der Waals surface area contributed by atoms with Gasteiger partial charge in [-0.3, -0.25) is 0 Å². The van der Waals surface area contributed by atoms with E-state index in [-0.39, 0.29) is 0 Å². The van der Waals surface area contributed by atoms with Gasteiger partial charge in [0.25, 0.3) is 0 Å². The maximum absolute atomic E-state index is 5.71. The molecule has 1 aromatic carbocycles. The van der Waals surface area contributed by atoms with Gasteiger partial charge < -0.3 is 5.73 Å². The second-order valence-corrected chi connectivity index (χ2v) is 6.39. The summed E-state index contributed by atoms with van der Waals surface area (Å²) in [5.41, 5.74) is 9.45. The second-order valence-electron chi connectivity index (χ2n) is 5.31. The average molecular weight is 272 g/mol. The number of rotatable bonds is 3. The highest BCUT2D eigenvalue weighted by Gasteiger charge is 2.21. The van der Waals surface area contributed by atoms with Gasteiger partial charge in [0.15, 0.2) is 0 Å². The van der Waals surface area contributed by atoms with Gasteiger partial charge in [-0.1, -0.05) is 31.5 Å². The fourth-order valence-electron chi connectivity index (χ4n) is 2.75. The van der Waals surface area contributed by atoms with Crippen molar-refractivity contribution in [2.75, 3.05) is 0 Å². The average Bonchev–Trinajstić information content (AvgIpc) is 2.90. The molecule has 2 nitrogen and oxygen atoms in total. The molecule has 1 aliphatic carbocycles. The van der Waals surface area contributed by atoms with Crippen molar-refractivity contribution < 1.29 is 0 Å². The van der Waals surface area contributed by atoms with E-state index in [2.05, 4.69) is 31.2 Å². The molecule has 3 rings (SSSR count). The highest BCUT2D eigenvalue weighted by atomic mass is 32.1. The second kappa shape index (κ2) is 5.43. The molecule has 1 unspecified atom stereocenters. The first-order valence-electron chi connectivity index (χ1n) is 7.08. The molecule has 19 heavy (non-hydrogen) atoms. The number of thiazole rings is 1. The van der Waals surface area contributed by atoms with Crippen molar-refractivity contribution in [3.63, 3.8) is 0 Å². The third kappa shape index (κ3) is 2.58. The number of hydrogen-bond donors (Lipinski definition) is 1. The normalized spacial score (nSPS) is 18.3. The summed E-state index contributed by atoms with van der Waals surface area (Å²) < 4.78 is 0. The predicted octanol–water partition coefficient (Wildman–Crippen LogP) is 3.78. The summed E-state index contributed by atoms with van der Waals surface area (Å²) in [6.45, 7) is 2.89. The molecule has 1 aromatic heterocycles. The molecule has 0 saturated carbocycles. The van der Waals surface area contributed by atoms with Gasteiger partial charge in [-0.2, -0.15) is 0 Å². The largest absolute Gasteiger partial charge is 0.326 e. The number of fused-ring (bicyclic) bond motifs is 1. The van der Waals surface area contributed by atoms with E-state index in [1.165, 1.54) is 41.0 Å². The monoisotopic (exact) mass is 272 g/mol. The van der Waals surface area contributed by atoms with Crippen molar-refractivity contribution >= 4 is 11.3 Å². The van der Waals surface area contributed by atoms with E-state index in [9.17, 15) is 0 Å². The van der Waals surface area contributed by atoms with Crippen LogP contribution in [-0.4, -0.2) is 4.98 Å². The van der Waals surface area contributed by atoms with Crippen molar-refractivity contribution in [2.24, 2.45) is 11.7 Å². The standard InChI is InChI=1S/C16H20N2S/c1-2-11-6-7-14-15(9-11)19-16(18-14)13-5-3-4-12(8-13)10-17/h3-5,8,11H,2,6-7,9-10,17H2,1H3. The van der Waals surface area contributed by atoms with Crippen LogP contribution >= 0.6 is 11.3 Å². The Labute approximate surface area is 118 Å².